The van der Waals surface area contributed by atoms with Crippen LogP contribution in [0.15, 0.2) is 18.3 Å². The van der Waals surface area contributed by atoms with Crippen molar-refractivity contribution in [2.45, 2.75) is 25.8 Å². The van der Waals surface area contributed by atoms with Crippen LogP contribution in [0.2, 0.25) is 0 Å². The molecular weight excluding hydrogens is 272 g/mol. The summed E-state index contributed by atoms with van der Waals surface area (Å²) in [6.07, 6.45) is 3.11. The summed E-state index contributed by atoms with van der Waals surface area (Å²) < 4.78 is 0. The molecule has 0 saturated carbocycles. The summed E-state index contributed by atoms with van der Waals surface area (Å²) >= 11 is 0. The normalized spacial score (nSPS) is 12.3. The molecule has 0 spiro atoms. The molecule has 7 nitrogen and oxygen atoms in total. The molecule has 2 heterocycles. The van der Waals surface area contributed by atoms with Gasteiger partial charge in [0.25, 0.3) is 0 Å². The summed E-state index contributed by atoms with van der Waals surface area (Å²) in [5, 5.41) is 21.8. The minimum absolute atomic E-state index is 0.0707. The number of nitrogens with two attached hydrogens (primary N) is 1. The molecule has 0 radical (unpaired) electrons. The van der Waals surface area contributed by atoms with Gasteiger partial charge in [-0.05, 0) is 18.6 Å². The van der Waals surface area contributed by atoms with E-state index in [1.165, 1.54) is 0 Å². The Hall–Kier alpha value is -2.41. The molecule has 0 aromatic carbocycles. The maximum atomic E-state index is 11.5. The Labute approximate surface area is 121 Å². The summed E-state index contributed by atoms with van der Waals surface area (Å²) in [6, 6.07) is 3.15. The first-order valence-corrected chi connectivity index (χ1v) is 6.73. The van der Waals surface area contributed by atoms with Crippen LogP contribution in [-0.2, 0) is 0 Å². The zero-order valence-electron chi connectivity index (χ0n) is 11.7. The van der Waals surface area contributed by atoms with Crippen LogP contribution < -0.4 is 11.1 Å². The fourth-order valence-electron chi connectivity index (χ4n) is 2.23. The molecular formula is C14H18N4O3. The zero-order chi connectivity index (χ0) is 15.4. The third-order valence-corrected chi connectivity index (χ3v) is 3.19. The molecule has 2 rings (SSSR count). The van der Waals surface area contributed by atoms with E-state index in [2.05, 4.69) is 15.3 Å². The molecule has 0 aliphatic heterocycles. The maximum Gasteiger partial charge on any atom is 0.341 e. The number of carbonyl (C=O) groups is 1. The Morgan fingerprint density at radius 2 is 2.29 bits per heavy atom. The average molecular weight is 290 g/mol. The molecule has 0 aliphatic carbocycles. The Bertz CT molecular complexity index is 660. The van der Waals surface area contributed by atoms with Crippen LogP contribution in [0.1, 0.15) is 30.1 Å². The first-order valence-electron chi connectivity index (χ1n) is 6.73. The lowest BCUT2D eigenvalue weighted by atomic mass is 10.1. The van der Waals surface area contributed by atoms with Gasteiger partial charge in [-0.15, -0.1) is 0 Å². The summed E-state index contributed by atoms with van der Waals surface area (Å²) in [4.78, 5) is 19.7. The number of rotatable bonds is 6. The van der Waals surface area contributed by atoms with Crippen LogP contribution in [0.4, 0.5) is 11.5 Å². The Morgan fingerprint density at radius 1 is 1.52 bits per heavy atom. The Kier molecular flexibility index (Phi) is 4.54. The van der Waals surface area contributed by atoms with E-state index in [0.29, 0.717) is 23.1 Å². The number of aromatic nitrogens is 2. The van der Waals surface area contributed by atoms with Gasteiger partial charge in [0.1, 0.15) is 16.9 Å². The van der Waals surface area contributed by atoms with E-state index in [1.807, 2.05) is 6.92 Å². The number of pyridine rings is 2. The number of nitrogen functional groups attached to an aromatic ring is 1. The van der Waals surface area contributed by atoms with Crippen LogP contribution in [0.3, 0.4) is 0 Å². The van der Waals surface area contributed by atoms with E-state index in [1.54, 1.807) is 18.3 Å². The van der Waals surface area contributed by atoms with E-state index < -0.39 is 5.97 Å². The second-order valence-corrected chi connectivity index (χ2v) is 4.74. The molecule has 2 aromatic rings. The second-order valence-electron chi connectivity index (χ2n) is 4.74. The molecule has 1 unspecified atom stereocenters. The number of nitrogens with one attached hydrogen (secondary N) is 1. The molecule has 0 amide bonds. The van der Waals surface area contributed by atoms with Crippen LogP contribution in [0, 0.1) is 0 Å². The molecule has 21 heavy (non-hydrogen) atoms. The van der Waals surface area contributed by atoms with Crippen LogP contribution in [0.5, 0.6) is 0 Å². The van der Waals surface area contributed by atoms with Crippen molar-refractivity contribution in [3.8, 4) is 0 Å². The van der Waals surface area contributed by atoms with Crippen LogP contribution >= 0.6 is 0 Å². The number of carboxylic acids is 1. The van der Waals surface area contributed by atoms with Crippen molar-refractivity contribution in [3.05, 3.63) is 23.9 Å². The number of anilines is 2. The first-order chi connectivity index (χ1) is 10.1. The topological polar surface area (TPSA) is 121 Å². The van der Waals surface area contributed by atoms with E-state index >= 15 is 0 Å². The molecule has 0 saturated heterocycles. The lowest BCUT2D eigenvalue weighted by Gasteiger charge is -2.20. The van der Waals surface area contributed by atoms with Gasteiger partial charge in [-0.1, -0.05) is 13.3 Å². The highest BCUT2D eigenvalue weighted by Crippen LogP contribution is 2.29. The zero-order valence-corrected chi connectivity index (χ0v) is 11.7. The number of fused-ring (bicyclic) bond motifs is 1. The molecule has 7 heteroatoms. The number of aromatic carboxylic acids is 1. The number of aliphatic hydroxyl groups is 1. The largest absolute Gasteiger partial charge is 0.477 e. The predicted octanol–water partition coefficient (Wildman–Crippen LogP) is 1.48. The highest BCUT2D eigenvalue weighted by atomic mass is 16.4. The van der Waals surface area contributed by atoms with Gasteiger partial charge >= 0.3 is 5.97 Å². The Morgan fingerprint density at radius 3 is 2.90 bits per heavy atom. The fraction of sp³-hybridized carbons (Fsp3) is 0.357. The second kappa shape index (κ2) is 6.36. The molecule has 0 aliphatic rings. The van der Waals surface area contributed by atoms with E-state index in [-0.39, 0.29) is 24.0 Å². The van der Waals surface area contributed by atoms with E-state index in [4.69, 9.17) is 5.73 Å². The van der Waals surface area contributed by atoms with Crippen molar-refractivity contribution >= 4 is 28.5 Å². The SMILES string of the molecule is CCCC(CO)Nc1c(C(=O)O)c(N)nc2cccnc12. The van der Waals surface area contributed by atoms with Crippen molar-refractivity contribution in [1.29, 1.82) is 0 Å². The van der Waals surface area contributed by atoms with Gasteiger partial charge in [0, 0.05) is 12.2 Å². The van der Waals surface area contributed by atoms with E-state index in [0.717, 1.165) is 6.42 Å². The number of carboxylic acid groups (broad SMARTS) is 1. The van der Waals surface area contributed by atoms with Gasteiger partial charge in [0.15, 0.2) is 0 Å². The number of hydrogen-bond acceptors (Lipinski definition) is 6. The molecule has 1 atom stereocenters. The highest BCUT2D eigenvalue weighted by molar-refractivity contribution is 6.06. The quantitative estimate of drug-likeness (QED) is 0.635. The van der Waals surface area contributed by atoms with Crippen molar-refractivity contribution in [3.63, 3.8) is 0 Å². The number of hydrogen-bond donors (Lipinski definition) is 4. The minimum Gasteiger partial charge on any atom is -0.477 e. The molecule has 5 N–H and O–H groups in total. The van der Waals surface area contributed by atoms with E-state index in [9.17, 15) is 15.0 Å². The van der Waals surface area contributed by atoms with Gasteiger partial charge in [-0.2, -0.15) is 0 Å². The van der Waals surface area contributed by atoms with Gasteiger partial charge in [-0.25, -0.2) is 9.78 Å². The fourth-order valence-corrected chi connectivity index (χ4v) is 2.23. The van der Waals surface area contributed by atoms with Crippen molar-refractivity contribution in [2.75, 3.05) is 17.7 Å². The van der Waals surface area contributed by atoms with Crippen molar-refractivity contribution < 1.29 is 15.0 Å². The van der Waals surface area contributed by atoms with Gasteiger partial charge in [-0.3, -0.25) is 4.98 Å². The van der Waals surface area contributed by atoms with Crippen LogP contribution in [-0.4, -0.2) is 38.8 Å². The van der Waals surface area contributed by atoms with Crippen LogP contribution in [0.25, 0.3) is 11.0 Å². The number of aliphatic hydroxyl groups excluding tert-OH is 1. The van der Waals surface area contributed by atoms with Crippen molar-refractivity contribution in [1.82, 2.24) is 9.97 Å². The maximum absolute atomic E-state index is 11.5. The lowest BCUT2D eigenvalue weighted by molar-refractivity contribution is 0.0698. The summed E-state index contributed by atoms with van der Waals surface area (Å²) in [5.74, 6) is -1.25. The number of nitrogens with zero attached hydrogens (tertiary/aromatic N) is 2. The predicted molar refractivity (Wildman–Crippen MR) is 80.3 cm³/mol. The smallest absolute Gasteiger partial charge is 0.341 e. The Balaban J connectivity index is 2.61. The third-order valence-electron chi connectivity index (χ3n) is 3.19. The van der Waals surface area contributed by atoms with Gasteiger partial charge < -0.3 is 21.3 Å². The summed E-state index contributed by atoms with van der Waals surface area (Å²) in [5.41, 5.74) is 6.89. The molecule has 112 valence electrons. The standard InChI is InChI=1S/C14H18N4O3/c1-2-4-8(7-19)17-12-10(14(20)21)13(15)18-9-5-3-6-16-11(9)12/h3,5-6,8,19H,2,4,7H2,1H3,(H,20,21)(H3,15,17,18). The lowest BCUT2D eigenvalue weighted by Crippen LogP contribution is -2.25. The molecule has 0 fully saturated rings. The minimum atomic E-state index is -1.18. The highest BCUT2D eigenvalue weighted by Gasteiger charge is 2.21. The summed E-state index contributed by atoms with van der Waals surface area (Å²) in [6.45, 7) is 1.88. The molecule has 2 aromatic heterocycles. The summed E-state index contributed by atoms with van der Waals surface area (Å²) in [7, 11) is 0. The first kappa shape index (κ1) is 15.0. The van der Waals surface area contributed by atoms with Gasteiger partial charge in [0.2, 0.25) is 0 Å². The molecule has 0 bridgehead atoms. The third kappa shape index (κ3) is 3.03. The van der Waals surface area contributed by atoms with Gasteiger partial charge in [0.05, 0.1) is 17.8 Å². The average Bonchev–Trinajstić information content (AvgIpc) is 2.46. The monoisotopic (exact) mass is 290 g/mol. The van der Waals surface area contributed by atoms with Crippen molar-refractivity contribution in [2.24, 2.45) is 0 Å².